The summed E-state index contributed by atoms with van der Waals surface area (Å²) in [5.41, 5.74) is 0.510. The van der Waals surface area contributed by atoms with Crippen molar-refractivity contribution in [3.63, 3.8) is 0 Å². The number of aryl methyl sites for hydroxylation is 1. The molecular formula is C15H18F3N3O. The Balaban J connectivity index is 1.89. The second-order valence-corrected chi connectivity index (χ2v) is 4.92. The number of aromatic nitrogens is 2. The van der Waals surface area contributed by atoms with E-state index in [0.717, 1.165) is 16.0 Å². The third-order valence-corrected chi connectivity index (χ3v) is 3.32. The van der Waals surface area contributed by atoms with Gasteiger partial charge in [0.25, 0.3) is 0 Å². The van der Waals surface area contributed by atoms with Crippen molar-refractivity contribution in [3.8, 4) is 5.75 Å². The standard InChI is InChI=1S/C15H18F3N3O/c1-21-14(15(16,17)18)12(10-20-21)9-19-7-6-11-4-3-5-13(8-11)22-2/h3-5,8,10,19H,6-7,9H2,1-2H3. The van der Waals surface area contributed by atoms with Crippen LogP contribution < -0.4 is 10.1 Å². The topological polar surface area (TPSA) is 39.1 Å². The Bertz CT molecular complexity index is 623. The lowest BCUT2D eigenvalue weighted by molar-refractivity contribution is -0.144. The molecule has 1 aromatic heterocycles. The van der Waals surface area contributed by atoms with Gasteiger partial charge in [-0.3, -0.25) is 4.68 Å². The zero-order chi connectivity index (χ0) is 16.2. The van der Waals surface area contributed by atoms with Crippen molar-refractivity contribution in [1.29, 1.82) is 0 Å². The molecule has 2 rings (SSSR count). The van der Waals surface area contributed by atoms with Gasteiger partial charge in [-0.2, -0.15) is 18.3 Å². The number of halogens is 3. The molecule has 0 aliphatic rings. The fraction of sp³-hybridized carbons (Fsp3) is 0.400. The molecule has 7 heteroatoms. The van der Waals surface area contributed by atoms with Gasteiger partial charge in [-0.15, -0.1) is 0 Å². The highest BCUT2D eigenvalue weighted by molar-refractivity contribution is 5.28. The summed E-state index contributed by atoms with van der Waals surface area (Å²) < 4.78 is 44.7. The fourth-order valence-corrected chi connectivity index (χ4v) is 2.26. The van der Waals surface area contributed by atoms with Crippen LogP contribution in [0.15, 0.2) is 30.5 Å². The Kier molecular flexibility index (Phi) is 5.07. The van der Waals surface area contributed by atoms with Crippen LogP contribution in [0.1, 0.15) is 16.8 Å². The Morgan fingerprint density at radius 1 is 1.32 bits per heavy atom. The second-order valence-electron chi connectivity index (χ2n) is 4.92. The van der Waals surface area contributed by atoms with E-state index in [4.69, 9.17) is 4.74 Å². The van der Waals surface area contributed by atoms with E-state index in [0.29, 0.717) is 13.0 Å². The van der Waals surface area contributed by atoms with E-state index in [2.05, 4.69) is 10.4 Å². The third kappa shape index (κ3) is 4.00. The first kappa shape index (κ1) is 16.4. The summed E-state index contributed by atoms with van der Waals surface area (Å²) in [4.78, 5) is 0. The molecule has 1 aromatic carbocycles. The van der Waals surface area contributed by atoms with E-state index in [-0.39, 0.29) is 12.1 Å². The lowest BCUT2D eigenvalue weighted by Gasteiger charge is -2.10. The van der Waals surface area contributed by atoms with Gasteiger partial charge in [0.15, 0.2) is 0 Å². The van der Waals surface area contributed by atoms with Gasteiger partial charge >= 0.3 is 6.18 Å². The van der Waals surface area contributed by atoms with E-state index in [9.17, 15) is 13.2 Å². The molecule has 2 aromatic rings. The molecule has 0 unspecified atom stereocenters. The van der Waals surface area contributed by atoms with Crippen LogP contribution in [0.4, 0.5) is 13.2 Å². The normalized spacial score (nSPS) is 11.7. The molecule has 0 saturated carbocycles. The summed E-state index contributed by atoms with van der Waals surface area (Å²) >= 11 is 0. The zero-order valence-corrected chi connectivity index (χ0v) is 12.4. The lowest BCUT2D eigenvalue weighted by atomic mass is 10.1. The van der Waals surface area contributed by atoms with Gasteiger partial charge in [0.1, 0.15) is 11.4 Å². The minimum absolute atomic E-state index is 0.132. The fourth-order valence-electron chi connectivity index (χ4n) is 2.26. The summed E-state index contributed by atoms with van der Waals surface area (Å²) in [6, 6.07) is 7.60. The average Bonchev–Trinajstić information content (AvgIpc) is 2.85. The maximum Gasteiger partial charge on any atom is 0.433 e. The molecular weight excluding hydrogens is 295 g/mol. The maximum absolute atomic E-state index is 12.9. The third-order valence-electron chi connectivity index (χ3n) is 3.32. The lowest BCUT2D eigenvalue weighted by Crippen LogP contribution is -2.20. The van der Waals surface area contributed by atoms with Gasteiger partial charge in [0, 0.05) is 19.2 Å². The Morgan fingerprint density at radius 2 is 2.09 bits per heavy atom. The molecule has 1 N–H and O–H groups in total. The molecule has 4 nitrogen and oxygen atoms in total. The van der Waals surface area contributed by atoms with Gasteiger partial charge in [0.2, 0.25) is 0 Å². The highest BCUT2D eigenvalue weighted by Gasteiger charge is 2.36. The molecule has 0 atom stereocenters. The molecule has 0 bridgehead atoms. The second kappa shape index (κ2) is 6.83. The van der Waals surface area contributed by atoms with Crippen molar-refractivity contribution in [1.82, 2.24) is 15.1 Å². The van der Waals surface area contributed by atoms with E-state index >= 15 is 0 Å². The van der Waals surface area contributed by atoms with Crippen LogP contribution in [-0.2, 0) is 26.2 Å². The SMILES string of the molecule is COc1cccc(CCNCc2cnn(C)c2C(F)(F)F)c1. The molecule has 22 heavy (non-hydrogen) atoms. The number of hydrogen-bond acceptors (Lipinski definition) is 3. The van der Waals surface area contributed by atoms with Gasteiger partial charge in [0.05, 0.1) is 13.3 Å². The average molecular weight is 313 g/mol. The van der Waals surface area contributed by atoms with Crippen molar-refractivity contribution in [2.45, 2.75) is 19.1 Å². The number of benzene rings is 1. The van der Waals surface area contributed by atoms with Crippen LogP contribution in [0.5, 0.6) is 5.75 Å². The molecule has 1 heterocycles. The Hall–Kier alpha value is -2.02. The number of methoxy groups -OCH3 is 1. The highest BCUT2D eigenvalue weighted by atomic mass is 19.4. The maximum atomic E-state index is 12.9. The predicted molar refractivity (Wildman–Crippen MR) is 76.6 cm³/mol. The number of rotatable bonds is 6. The quantitative estimate of drug-likeness (QED) is 0.834. The van der Waals surface area contributed by atoms with E-state index < -0.39 is 11.9 Å². The van der Waals surface area contributed by atoms with Crippen LogP contribution in [0.25, 0.3) is 0 Å². The largest absolute Gasteiger partial charge is 0.497 e. The van der Waals surface area contributed by atoms with E-state index in [1.54, 1.807) is 7.11 Å². The molecule has 120 valence electrons. The molecule has 0 fully saturated rings. The van der Waals surface area contributed by atoms with Crippen molar-refractivity contribution in [3.05, 3.63) is 47.3 Å². The minimum Gasteiger partial charge on any atom is -0.497 e. The number of nitrogens with one attached hydrogen (secondary N) is 1. The molecule has 0 radical (unpaired) electrons. The van der Waals surface area contributed by atoms with Crippen LogP contribution in [0.2, 0.25) is 0 Å². The van der Waals surface area contributed by atoms with Crippen molar-refractivity contribution in [2.75, 3.05) is 13.7 Å². The van der Waals surface area contributed by atoms with Gasteiger partial charge < -0.3 is 10.1 Å². The molecule has 0 spiro atoms. The van der Waals surface area contributed by atoms with Gasteiger partial charge in [-0.1, -0.05) is 12.1 Å². The van der Waals surface area contributed by atoms with Gasteiger partial charge in [-0.25, -0.2) is 0 Å². The first-order valence-corrected chi connectivity index (χ1v) is 6.83. The van der Waals surface area contributed by atoms with Crippen LogP contribution in [0.3, 0.4) is 0 Å². The molecule has 0 saturated heterocycles. The number of nitrogens with zero attached hydrogens (tertiary/aromatic N) is 2. The summed E-state index contributed by atoms with van der Waals surface area (Å²) in [7, 11) is 2.89. The monoisotopic (exact) mass is 313 g/mol. The van der Waals surface area contributed by atoms with Crippen LogP contribution >= 0.6 is 0 Å². The minimum atomic E-state index is -4.39. The molecule has 0 aliphatic heterocycles. The summed E-state index contributed by atoms with van der Waals surface area (Å²) in [5, 5.41) is 6.70. The predicted octanol–water partition coefficient (Wildman–Crippen LogP) is 2.78. The molecule has 0 aliphatic carbocycles. The Labute approximate surface area is 126 Å². The highest BCUT2D eigenvalue weighted by Crippen LogP contribution is 2.31. The Morgan fingerprint density at radius 3 is 2.77 bits per heavy atom. The summed E-state index contributed by atoms with van der Waals surface area (Å²) in [5.74, 6) is 0.768. The van der Waals surface area contributed by atoms with E-state index in [1.807, 2.05) is 24.3 Å². The number of alkyl halides is 3. The zero-order valence-electron chi connectivity index (χ0n) is 12.4. The first-order chi connectivity index (χ1) is 10.4. The van der Waals surface area contributed by atoms with E-state index in [1.165, 1.54) is 13.2 Å². The number of hydrogen-bond donors (Lipinski definition) is 1. The van der Waals surface area contributed by atoms with Gasteiger partial charge in [-0.05, 0) is 30.7 Å². The van der Waals surface area contributed by atoms with Crippen molar-refractivity contribution >= 4 is 0 Å². The smallest absolute Gasteiger partial charge is 0.433 e. The van der Waals surface area contributed by atoms with Crippen molar-refractivity contribution < 1.29 is 17.9 Å². The van der Waals surface area contributed by atoms with Crippen LogP contribution in [0, 0.1) is 0 Å². The van der Waals surface area contributed by atoms with Crippen molar-refractivity contribution in [2.24, 2.45) is 7.05 Å². The van der Waals surface area contributed by atoms with Crippen LogP contribution in [-0.4, -0.2) is 23.4 Å². The molecule has 0 amide bonds. The summed E-state index contributed by atoms with van der Waals surface area (Å²) in [6.45, 7) is 0.700. The first-order valence-electron chi connectivity index (χ1n) is 6.83. The number of ether oxygens (including phenoxy) is 1. The summed E-state index contributed by atoms with van der Waals surface area (Å²) in [6.07, 6.45) is -2.44.